The minimum atomic E-state index is -0.196. The van der Waals surface area contributed by atoms with Crippen molar-refractivity contribution in [2.75, 3.05) is 20.6 Å². The number of rotatable bonds is 6. The summed E-state index contributed by atoms with van der Waals surface area (Å²) in [5.41, 5.74) is 3.55. The molecule has 2 aromatic carbocycles. The highest BCUT2D eigenvalue weighted by Gasteiger charge is 2.14. The summed E-state index contributed by atoms with van der Waals surface area (Å²) in [5, 5.41) is 4.78. The third-order valence-electron chi connectivity index (χ3n) is 4.22. The van der Waals surface area contributed by atoms with Crippen LogP contribution >= 0.6 is 0 Å². The van der Waals surface area contributed by atoms with Crippen molar-refractivity contribution in [3.05, 3.63) is 71.7 Å². The summed E-state index contributed by atoms with van der Waals surface area (Å²) >= 11 is 0. The number of hydrogen-bond acceptors (Lipinski definition) is 2. The average molecular weight is 311 g/mol. The Labute approximate surface area is 136 Å². The summed E-state index contributed by atoms with van der Waals surface area (Å²) in [7, 11) is 4.09. The first kappa shape index (κ1) is 15.7. The van der Waals surface area contributed by atoms with Gasteiger partial charge < -0.3 is 15.2 Å². The number of fused-ring (bicyclic) bond motifs is 1. The van der Waals surface area contributed by atoms with Crippen LogP contribution in [0.25, 0.3) is 10.9 Å². The molecule has 0 fully saturated rings. The minimum Gasteiger partial charge on any atom is -0.361 e. The van der Waals surface area contributed by atoms with Crippen LogP contribution in [0.5, 0.6) is 0 Å². The van der Waals surface area contributed by atoms with Crippen LogP contribution in [0, 0.1) is 5.82 Å². The van der Waals surface area contributed by atoms with Gasteiger partial charge in [-0.05, 0) is 49.5 Å². The summed E-state index contributed by atoms with van der Waals surface area (Å²) in [5.74, 6) is -0.196. The summed E-state index contributed by atoms with van der Waals surface area (Å²) in [6.07, 6.45) is 1.97. The number of nitrogens with zero attached hydrogens (tertiary/aromatic N) is 1. The van der Waals surface area contributed by atoms with Crippen molar-refractivity contribution in [2.24, 2.45) is 0 Å². The fourth-order valence-electron chi connectivity index (χ4n) is 2.93. The van der Waals surface area contributed by atoms with E-state index in [9.17, 15) is 4.39 Å². The molecule has 3 nitrogen and oxygen atoms in total. The highest BCUT2D eigenvalue weighted by atomic mass is 19.1. The number of hydrogen-bond donors (Lipinski definition) is 2. The van der Waals surface area contributed by atoms with Crippen LogP contribution in [-0.4, -0.2) is 30.5 Å². The van der Waals surface area contributed by atoms with Crippen LogP contribution in [0.1, 0.15) is 17.2 Å². The number of H-pyrrole nitrogens is 1. The highest BCUT2D eigenvalue weighted by Crippen LogP contribution is 2.20. The van der Waals surface area contributed by atoms with Crippen LogP contribution in [0.15, 0.2) is 54.7 Å². The lowest BCUT2D eigenvalue weighted by Crippen LogP contribution is -2.30. The molecule has 23 heavy (non-hydrogen) atoms. The molecule has 0 saturated heterocycles. The topological polar surface area (TPSA) is 31.1 Å². The number of likely N-dealkylation sites (N-methyl/N-ethyl adjacent to an activating group) is 1. The second kappa shape index (κ2) is 6.94. The molecule has 4 heteroatoms. The van der Waals surface area contributed by atoms with E-state index in [2.05, 4.69) is 39.5 Å². The molecule has 0 spiro atoms. The lowest BCUT2D eigenvalue weighted by Gasteiger charge is -2.25. The molecule has 3 aromatic rings. The largest absolute Gasteiger partial charge is 0.361 e. The van der Waals surface area contributed by atoms with Crippen LogP contribution < -0.4 is 5.32 Å². The SMILES string of the molecule is CN(C)C(CNCc1cccc2[nH]ccc12)c1ccc(F)cc1. The molecule has 3 rings (SSSR count). The van der Waals surface area contributed by atoms with E-state index in [1.54, 1.807) is 0 Å². The quantitative estimate of drug-likeness (QED) is 0.727. The molecule has 0 bridgehead atoms. The lowest BCUT2D eigenvalue weighted by molar-refractivity contribution is 0.288. The standard InChI is InChI=1S/C19H22FN3/c1-23(2)19(14-6-8-16(20)9-7-14)13-21-12-15-4-3-5-18-17(15)10-11-22-18/h3-11,19,21-22H,12-13H2,1-2H3. The molecule has 0 saturated carbocycles. The van der Waals surface area contributed by atoms with Crippen molar-refractivity contribution >= 4 is 10.9 Å². The maximum atomic E-state index is 13.1. The predicted molar refractivity (Wildman–Crippen MR) is 92.8 cm³/mol. The Morgan fingerprint density at radius 3 is 2.61 bits per heavy atom. The van der Waals surface area contributed by atoms with Gasteiger partial charge in [0.05, 0.1) is 0 Å². The molecule has 0 aliphatic rings. The second-order valence-corrected chi connectivity index (χ2v) is 6.02. The van der Waals surface area contributed by atoms with Crippen molar-refractivity contribution in [1.29, 1.82) is 0 Å². The van der Waals surface area contributed by atoms with Crippen molar-refractivity contribution < 1.29 is 4.39 Å². The van der Waals surface area contributed by atoms with Gasteiger partial charge in [-0.2, -0.15) is 0 Å². The predicted octanol–water partition coefficient (Wildman–Crippen LogP) is 3.70. The second-order valence-electron chi connectivity index (χ2n) is 6.02. The number of benzene rings is 2. The van der Waals surface area contributed by atoms with Crippen molar-refractivity contribution in [3.8, 4) is 0 Å². The zero-order valence-corrected chi connectivity index (χ0v) is 13.5. The fourth-order valence-corrected chi connectivity index (χ4v) is 2.93. The number of aromatic nitrogens is 1. The number of aromatic amines is 1. The first-order valence-corrected chi connectivity index (χ1v) is 7.83. The van der Waals surface area contributed by atoms with Gasteiger partial charge in [0.15, 0.2) is 0 Å². The normalized spacial score (nSPS) is 12.9. The molecule has 0 radical (unpaired) electrons. The van der Waals surface area contributed by atoms with Gasteiger partial charge in [-0.25, -0.2) is 4.39 Å². The molecule has 0 aliphatic heterocycles. The van der Waals surface area contributed by atoms with Crippen molar-refractivity contribution in [1.82, 2.24) is 15.2 Å². The van der Waals surface area contributed by atoms with E-state index in [1.807, 2.05) is 32.4 Å². The Morgan fingerprint density at radius 2 is 1.87 bits per heavy atom. The van der Waals surface area contributed by atoms with Gasteiger partial charge in [0.25, 0.3) is 0 Å². The first-order chi connectivity index (χ1) is 11.1. The van der Waals surface area contributed by atoms with Gasteiger partial charge in [0.1, 0.15) is 5.82 Å². The van der Waals surface area contributed by atoms with Crippen LogP contribution in [0.4, 0.5) is 4.39 Å². The van der Waals surface area contributed by atoms with Crippen LogP contribution in [-0.2, 0) is 6.54 Å². The highest BCUT2D eigenvalue weighted by molar-refractivity contribution is 5.82. The van der Waals surface area contributed by atoms with Crippen LogP contribution in [0.3, 0.4) is 0 Å². The molecular weight excluding hydrogens is 289 g/mol. The van der Waals surface area contributed by atoms with Gasteiger partial charge in [-0.3, -0.25) is 0 Å². The molecule has 2 N–H and O–H groups in total. The Hall–Kier alpha value is -2.17. The van der Waals surface area contributed by atoms with E-state index in [4.69, 9.17) is 0 Å². The third kappa shape index (κ3) is 3.60. The van der Waals surface area contributed by atoms with E-state index >= 15 is 0 Å². The van der Waals surface area contributed by atoms with Gasteiger partial charge in [0.2, 0.25) is 0 Å². The fraction of sp³-hybridized carbons (Fsp3) is 0.263. The van der Waals surface area contributed by atoms with Crippen molar-refractivity contribution in [3.63, 3.8) is 0 Å². The van der Waals surface area contributed by atoms with E-state index < -0.39 is 0 Å². The van der Waals surface area contributed by atoms with Gasteiger partial charge in [0, 0.05) is 36.2 Å². The Kier molecular flexibility index (Phi) is 4.74. The van der Waals surface area contributed by atoms with Gasteiger partial charge in [-0.15, -0.1) is 0 Å². The van der Waals surface area contributed by atoms with E-state index in [0.717, 1.165) is 24.2 Å². The van der Waals surface area contributed by atoms with E-state index in [1.165, 1.54) is 23.1 Å². The molecule has 0 aliphatic carbocycles. The minimum absolute atomic E-state index is 0.196. The molecule has 1 aromatic heterocycles. The summed E-state index contributed by atoms with van der Waals surface area (Å²) in [4.78, 5) is 5.39. The first-order valence-electron chi connectivity index (χ1n) is 7.83. The van der Waals surface area contributed by atoms with Crippen molar-refractivity contribution in [2.45, 2.75) is 12.6 Å². The summed E-state index contributed by atoms with van der Waals surface area (Å²) in [6.45, 7) is 1.61. The van der Waals surface area contributed by atoms with E-state index in [0.29, 0.717) is 0 Å². The average Bonchev–Trinajstić information content (AvgIpc) is 3.02. The smallest absolute Gasteiger partial charge is 0.123 e. The zero-order chi connectivity index (χ0) is 16.2. The maximum Gasteiger partial charge on any atom is 0.123 e. The molecular formula is C19H22FN3. The third-order valence-corrected chi connectivity index (χ3v) is 4.22. The molecule has 1 atom stereocenters. The Bertz CT molecular complexity index is 762. The molecule has 120 valence electrons. The lowest BCUT2D eigenvalue weighted by atomic mass is 10.1. The van der Waals surface area contributed by atoms with Crippen LogP contribution in [0.2, 0.25) is 0 Å². The zero-order valence-electron chi connectivity index (χ0n) is 13.5. The van der Waals surface area contributed by atoms with E-state index in [-0.39, 0.29) is 11.9 Å². The molecule has 1 unspecified atom stereocenters. The monoisotopic (exact) mass is 311 g/mol. The van der Waals surface area contributed by atoms with Gasteiger partial charge in [-0.1, -0.05) is 24.3 Å². The number of nitrogens with one attached hydrogen (secondary N) is 2. The Balaban J connectivity index is 1.68. The molecule has 0 amide bonds. The summed E-state index contributed by atoms with van der Waals surface area (Å²) < 4.78 is 13.1. The molecule has 1 heterocycles. The number of halogens is 1. The Morgan fingerprint density at radius 1 is 1.09 bits per heavy atom. The van der Waals surface area contributed by atoms with Gasteiger partial charge >= 0.3 is 0 Å². The maximum absolute atomic E-state index is 13.1. The summed E-state index contributed by atoms with van der Waals surface area (Å²) in [6, 6.07) is 15.4.